The quantitative estimate of drug-likeness (QED) is 0.828. The van der Waals surface area contributed by atoms with Gasteiger partial charge in [-0.25, -0.2) is 13.7 Å². The van der Waals surface area contributed by atoms with Gasteiger partial charge in [0.1, 0.15) is 0 Å². The number of amides is 1. The van der Waals surface area contributed by atoms with E-state index in [2.05, 4.69) is 10.4 Å². The Kier molecular flexibility index (Phi) is 5.75. The summed E-state index contributed by atoms with van der Waals surface area (Å²) in [6.45, 7) is 8.76. The maximum Gasteiger partial charge on any atom is 0.413 e. The second-order valence-electron chi connectivity index (χ2n) is 4.51. The Balaban J connectivity index is 3.14. The number of aromatic nitrogens is 2. The average molecular weight is 285 g/mol. The zero-order valence-corrected chi connectivity index (χ0v) is 12.4. The number of nitrogens with one attached hydrogen (secondary N) is 1. The predicted octanol–water partition coefficient (Wildman–Crippen LogP) is 1.32. The Bertz CT molecular complexity index is 505. The van der Waals surface area contributed by atoms with Gasteiger partial charge in [0.15, 0.2) is 0 Å². The second kappa shape index (κ2) is 7.08. The monoisotopic (exact) mass is 285 g/mol. The summed E-state index contributed by atoms with van der Waals surface area (Å²) in [4.78, 5) is 11.5. The normalized spacial score (nSPS) is 10.4. The van der Waals surface area contributed by atoms with E-state index in [1.54, 1.807) is 18.5 Å². The van der Waals surface area contributed by atoms with E-state index in [9.17, 15) is 9.00 Å². The lowest BCUT2D eigenvalue weighted by Crippen LogP contribution is -2.27. The minimum atomic E-state index is -0.544. The summed E-state index contributed by atoms with van der Waals surface area (Å²) >= 11 is 0.316. The lowest BCUT2D eigenvalue weighted by molar-refractivity contribution is 0.195. The van der Waals surface area contributed by atoms with Crippen molar-refractivity contribution < 1.29 is 13.7 Å². The van der Waals surface area contributed by atoms with Gasteiger partial charge in [-0.2, -0.15) is 5.10 Å². The highest BCUT2D eigenvalue weighted by Crippen LogP contribution is 2.21. The van der Waals surface area contributed by atoms with Crippen molar-refractivity contribution in [2.24, 2.45) is 5.92 Å². The molecule has 0 aliphatic rings. The number of ether oxygens (including phenoxy) is 1. The third kappa shape index (κ3) is 4.20. The topological polar surface area (TPSA) is 73.2 Å². The van der Waals surface area contributed by atoms with Crippen LogP contribution < -0.4 is 10.1 Å². The highest BCUT2D eigenvalue weighted by atomic mass is 32.1. The number of aryl methyl sites for hydroxylation is 1. The summed E-state index contributed by atoms with van der Waals surface area (Å²) in [6.07, 6.45) is -0.544. The predicted molar refractivity (Wildman–Crippen MR) is 74.8 cm³/mol. The van der Waals surface area contributed by atoms with E-state index in [0.717, 1.165) is 0 Å². The van der Waals surface area contributed by atoms with Crippen LogP contribution in [0.25, 0.3) is 0 Å². The summed E-state index contributed by atoms with van der Waals surface area (Å²) in [5.74, 6) is 0.671. The zero-order valence-electron chi connectivity index (χ0n) is 11.6. The van der Waals surface area contributed by atoms with Crippen molar-refractivity contribution in [3.63, 3.8) is 0 Å². The van der Waals surface area contributed by atoms with Gasteiger partial charge in [0.05, 0.1) is 22.5 Å². The van der Waals surface area contributed by atoms with E-state index in [-0.39, 0.29) is 0 Å². The van der Waals surface area contributed by atoms with Crippen molar-refractivity contribution in [1.29, 1.82) is 0 Å². The molecule has 0 aliphatic heterocycles. The number of rotatable bonds is 5. The first-order chi connectivity index (χ1) is 8.99. The van der Waals surface area contributed by atoms with E-state index < -0.39 is 6.09 Å². The van der Waals surface area contributed by atoms with Crippen LogP contribution >= 0.6 is 0 Å². The fraction of sp³-hybridized carbons (Fsp3) is 0.583. The molecule has 1 rings (SSSR count). The van der Waals surface area contributed by atoms with Gasteiger partial charge < -0.3 is 10.1 Å². The molecule has 0 radical (unpaired) electrons. The van der Waals surface area contributed by atoms with Crippen LogP contribution in [0.2, 0.25) is 0 Å². The molecule has 0 saturated carbocycles. The largest absolute Gasteiger partial charge is 0.413 e. The molecule has 19 heavy (non-hydrogen) atoms. The number of nitrogens with zero attached hydrogens (tertiary/aromatic N) is 2. The minimum Gasteiger partial charge on any atom is -0.391 e. The number of carbonyl (C=O) groups is 1. The summed E-state index contributed by atoms with van der Waals surface area (Å²) in [5.41, 5.74) is 1.23. The molecule has 0 saturated heterocycles. The molecule has 1 N–H and O–H groups in total. The molecule has 106 valence electrons. The Morgan fingerprint density at radius 3 is 2.79 bits per heavy atom. The molecule has 1 amide bonds. The fourth-order valence-electron chi connectivity index (χ4n) is 1.60. The zero-order chi connectivity index (χ0) is 14.4. The van der Waals surface area contributed by atoms with Gasteiger partial charge in [0.2, 0.25) is 5.88 Å². The second-order valence-corrected chi connectivity index (χ2v) is 4.94. The molecule has 6 nitrogen and oxygen atoms in total. The van der Waals surface area contributed by atoms with Gasteiger partial charge in [-0.05, 0) is 19.8 Å². The van der Waals surface area contributed by atoms with E-state index in [1.807, 2.05) is 13.8 Å². The van der Waals surface area contributed by atoms with E-state index in [4.69, 9.17) is 4.74 Å². The Labute approximate surface area is 116 Å². The molecule has 0 aliphatic carbocycles. The van der Waals surface area contributed by atoms with Crippen LogP contribution in [-0.4, -0.2) is 32.0 Å². The van der Waals surface area contributed by atoms with Crippen LogP contribution in [0.1, 0.15) is 32.0 Å². The van der Waals surface area contributed by atoms with Gasteiger partial charge >= 0.3 is 6.09 Å². The van der Waals surface area contributed by atoms with Crippen molar-refractivity contribution >= 4 is 22.7 Å². The van der Waals surface area contributed by atoms with E-state index in [1.165, 1.54) is 5.37 Å². The molecule has 0 bridgehead atoms. The molecule has 0 aromatic carbocycles. The van der Waals surface area contributed by atoms with Crippen molar-refractivity contribution in [3.8, 4) is 5.88 Å². The summed E-state index contributed by atoms with van der Waals surface area (Å²) < 4.78 is 17.6. The Morgan fingerprint density at radius 2 is 2.26 bits per heavy atom. The molecule has 1 aromatic heterocycles. The van der Waals surface area contributed by atoms with Crippen LogP contribution in [0.3, 0.4) is 0 Å². The SMILES string of the molecule is CCNC(=O)Oc1c(C=S=O)c(C)nn1CC(C)C. The Hall–Kier alpha value is -1.63. The van der Waals surface area contributed by atoms with Gasteiger partial charge in [-0.15, -0.1) is 0 Å². The standard InChI is InChI=1S/C12H19N3O3S/c1-5-13-12(16)18-11-10(7-19-17)9(4)14-15(11)6-8(2)3/h7-8H,5-6H2,1-4H3,(H,13,16). The first-order valence-corrected chi connectivity index (χ1v) is 6.95. The van der Waals surface area contributed by atoms with Crippen LogP contribution in [0.5, 0.6) is 5.88 Å². The van der Waals surface area contributed by atoms with Crippen LogP contribution in [-0.2, 0) is 17.8 Å². The third-order valence-corrected chi connectivity index (χ3v) is 2.67. The van der Waals surface area contributed by atoms with Gasteiger partial charge in [0.25, 0.3) is 0 Å². The first kappa shape index (κ1) is 15.4. The molecular weight excluding hydrogens is 266 g/mol. The number of carbonyl (C=O) groups excluding carboxylic acids is 1. The van der Waals surface area contributed by atoms with Crippen LogP contribution in [0, 0.1) is 12.8 Å². The molecular formula is C12H19N3O3S. The summed E-state index contributed by atoms with van der Waals surface area (Å²) in [5, 5.41) is 8.26. The summed E-state index contributed by atoms with van der Waals surface area (Å²) in [6, 6.07) is 0. The van der Waals surface area contributed by atoms with E-state index in [0.29, 0.717) is 47.4 Å². The maximum atomic E-state index is 11.5. The molecule has 0 spiro atoms. The number of hydrogen-bond donors (Lipinski definition) is 1. The molecule has 0 fully saturated rings. The molecule has 0 atom stereocenters. The molecule has 1 aromatic rings. The lowest BCUT2D eigenvalue weighted by Gasteiger charge is -2.10. The van der Waals surface area contributed by atoms with Crippen molar-refractivity contribution in [2.45, 2.75) is 34.2 Å². The van der Waals surface area contributed by atoms with Gasteiger partial charge in [0, 0.05) is 18.5 Å². The number of hydrogen-bond acceptors (Lipinski definition) is 4. The first-order valence-electron chi connectivity index (χ1n) is 6.14. The summed E-state index contributed by atoms with van der Waals surface area (Å²) in [7, 11) is 0. The smallest absolute Gasteiger partial charge is 0.391 e. The maximum absolute atomic E-state index is 11.5. The van der Waals surface area contributed by atoms with Gasteiger partial charge in [-0.1, -0.05) is 13.8 Å². The molecule has 7 heteroatoms. The van der Waals surface area contributed by atoms with Gasteiger partial charge in [-0.3, -0.25) is 0 Å². The highest BCUT2D eigenvalue weighted by Gasteiger charge is 2.18. The molecule has 1 heterocycles. The van der Waals surface area contributed by atoms with Crippen molar-refractivity contribution in [1.82, 2.24) is 15.1 Å². The highest BCUT2D eigenvalue weighted by molar-refractivity contribution is 7.65. The lowest BCUT2D eigenvalue weighted by atomic mass is 10.2. The van der Waals surface area contributed by atoms with Crippen molar-refractivity contribution in [2.75, 3.05) is 6.54 Å². The van der Waals surface area contributed by atoms with E-state index >= 15 is 0 Å². The fourth-order valence-corrected chi connectivity index (χ4v) is 1.97. The van der Waals surface area contributed by atoms with Crippen LogP contribution in [0.4, 0.5) is 4.79 Å². The van der Waals surface area contributed by atoms with Crippen LogP contribution in [0.15, 0.2) is 0 Å². The molecule has 0 unspecified atom stereocenters. The minimum absolute atomic E-state index is 0.316. The Morgan fingerprint density at radius 1 is 1.58 bits per heavy atom. The average Bonchev–Trinajstić information content (AvgIpc) is 2.57. The van der Waals surface area contributed by atoms with Crippen molar-refractivity contribution in [3.05, 3.63) is 11.3 Å². The third-order valence-electron chi connectivity index (χ3n) is 2.34.